The van der Waals surface area contributed by atoms with Gasteiger partial charge in [0.05, 0.1) is 5.56 Å². The Labute approximate surface area is 124 Å². The van der Waals surface area contributed by atoms with Gasteiger partial charge >= 0.3 is 5.97 Å². The summed E-state index contributed by atoms with van der Waals surface area (Å²) in [4.78, 5) is 19.9. The Hall–Kier alpha value is -2.43. The van der Waals surface area contributed by atoms with E-state index in [9.17, 15) is 4.79 Å². The van der Waals surface area contributed by atoms with E-state index < -0.39 is 5.97 Å². The minimum Gasteiger partial charge on any atom is -0.478 e. The molecule has 0 amide bonds. The number of nitrogens with zero attached hydrogens (tertiary/aromatic N) is 2. The molecule has 0 aliphatic heterocycles. The van der Waals surface area contributed by atoms with Gasteiger partial charge in [0.1, 0.15) is 5.82 Å². The Kier molecular flexibility index (Phi) is 4.87. The zero-order valence-electron chi connectivity index (χ0n) is 12.2. The highest BCUT2D eigenvalue weighted by atomic mass is 16.4. The molecule has 2 N–H and O–H groups in total. The molecule has 0 fully saturated rings. The first-order chi connectivity index (χ1) is 10.1. The highest BCUT2D eigenvalue weighted by Gasteiger charge is 2.10. The molecule has 0 atom stereocenters. The SMILES string of the molecule is CC(C)c1cc(C(=O)O)cc(NCCc2ccccn2)n1. The third kappa shape index (κ3) is 4.27. The van der Waals surface area contributed by atoms with E-state index in [4.69, 9.17) is 5.11 Å². The number of hydrogen-bond acceptors (Lipinski definition) is 4. The third-order valence-electron chi connectivity index (χ3n) is 3.10. The Morgan fingerprint density at radius 2 is 2.14 bits per heavy atom. The molecule has 0 radical (unpaired) electrons. The Morgan fingerprint density at radius 3 is 2.76 bits per heavy atom. The first kappa shape index (κ1) is 15.0. The van der Waals surface area contributed by atoms with Crippen molar-refractivity contribution in [2.75, 3.05) is 11.9 Å². The lowest BCUT2D eigenvalue weighted by Gasteiger charge is -2.11. The molecule has 5 nitrogen and oxygen atoms in total. The maximum Gasteiger partial charge on any atom is 0.335 e. The Morgan fingerprint density at radius 1 is 1.33 bits per heavy atom. The average Bonchev–Trinajstić information content (AvgIpc) is 2.48. The van der Waals surface area contributed by atoms with E-state index in [2.05, 4.69) is 15.3 Å². The summed E-state index contributed by atoms with van der Waals surface area (Å²) in [7, 11) is 0. The van der Waals surface area contributed by atoms with Gasteiger partial charge < -0.3 is 10.4 Å². The van der Waals surface area contributed by atoms with E-state index in [1.807, 2.05) is 32.0 Å². The molecule has 0 aromatic carbocycles. The molecule has 0 saturated heterocycles. The van der Waals surface area contributed by atoms with E-state index in [0.29, 0.717) is 12.4 Å². The summed E-state index contributed by atoms with van der Waals surface area (Å²) >= 11 is 0. The summed E-state index contributed by atoms with van der Waals surface area (Å²) in [6, 6.07) is 8.97. The predicted molar refractivity (Wildman–Crippen MR) is 81.7 cm³/mol. The molecule has 0 spiro atoms. The summed E-state index contributed by atoms with van der Waals surface area (Å²) in [6.07, 6.45) is 2.52. The number of aromatic nitrogens is 2. The van der Waals surface area contributed by atoms with Gasteiger partial charge in [-0.1, -0.05) is 19.9 Å². The number of carbonyl (C=O) groups is 1. The standard InChI is InChI=1S/C16H19N3O2/c1-11(2)14-9-12(16(20)21)10-15(19-14)18-8-6-13-5-3-4-7-17-13/h3-5,7,9-11H,6,8H2,1-2H3,(H,18,19)(H,20,21). The molecule has 0 aliphatic carbocycles. The van der Waals surface area contributed by atoms with Crippen LogP contribution < -0.4 is 5.32 Å². The highest BCUT2D eigenvalue weighted by Crippen LogP contribution is 2.17. The van der Waals surface area contributed by atoms with Gasteiger partial charge in [0.2, 0.25) is 0 Å². The van der Waals surface area contributed by atoms with E-state index >= 15 is 0 Å². The van der Waals surface area contributed by atoms with Crippen molar-refractivity contribution in [3.05, 3.63) is 53.5 Å². The molecule has 0 saturated carbocycles. The first-order valence-electron chi connectivity index (χ1n) is 6.95. The van der Waals surface area contributed by atoms with Crippen LogP contribution in [0.3, 0.4) is 0 Å². The monoisotopic (exact) mass is 285 g/mol. The van der Waals surface area contributed by atoms with Crippen LogP contribution in [0.15, 0.2) is 36.5 Å². The number of nitrogens with one attached hydrogen (secondary N) is 1. The fraction of sp³-hybridized carbons (Fsp3) is 0.312. The van der Waals surface area contributed by atoms with Crippen LogP contribution in [0.4, 0.5) is 5.82 Å². The summed E-state index contributed by atoms with van der Waals surface area (Å²) in [6.45, 7) is 4.64. The lowest BCUT2D eigenvalue weighted by Crippen LogP contribution is -2.10. The van der Waals surface area contributed by atoms with Crippen molar-refractivity contribution < 1.29 is 9.90 Å². The van der Waals surface area contributed by atoms with Crippen LogP contribution in [0.2, 0.25) is 0 Å². The molecular weight excluding hydrogens is 266 g/mol. The topological polar surface area (TPSA) is 75.1 Å². The highest BCUT2D eigenvalue weighted by molar-refractivity contribution is 5.88. The molecule has 110 valence electrons. The molecule has 2 heterocycles. The Balaban J connectivity index is 2.06. The molecule has 5 heteroatoms. The van der Waals surface area contributed by atoms with Crippen LogP contribution in [0.25, 0.3) is 0 Å². The minimum absolute atomic E-state index is 0.181. The van der Waals surface area contributed by atoms with Gasteiger partial charge in [-0.25, -0.2) is 9.78 Å². The maximum absolute atomic E-state index is 11.2. The van der Waals surface area contributed by atoms with Crippen LogP contribution in [0.5, 0.6) is 0 Å². The molecule has 2 aromatic heterocycles. The fourth-order valence-electron chi connectivity index (χ4n) is 1.93. The number of aromatic carboxylic acids is 1. The second-order valence-electron chi connectivity index (χ2n) is 5.12. The van der Waals surface area contributed by atoms with Crippen molar-refractivity contribution in [1.29, 1.82) is 0 Å². The fourth-order valence-corrected chi connectivity index (χ4v) is 1.93. The zero-order chi connectivity index (χ0) is 15.2. The van der Waals surface area contributed by atoms with Crippen molar-refractivity contribution >= 4 is 11.8 Å². The van der Waals surface area contributed by atoms with Crippen molar-refractivity contribution in [2.24, 2.45) is 0 Å². The van der Waals surface area contributed by atoms with Crippen molar-refractivity contribution in [3.63, 3.8) is 0 Å². The van der Waals surface area contributed by atoms with Crippen molar-refractivity contribution in [1.82, 2.24) is 9.97 Å². The quantitative estimate of drug-likeness (QED) is 0.853. The maximum atomic E-state index is 11.2. The molecular formula is C16H19N3O2. The van der Waals surface area contributed by atoms with Gasteiger partial charge in [0.15, 0.2) is 0 Å². The van der Waals surface area contributed by atoms with E-state index in [1.165, 1.54) is 0 Å². The number of hydrogen-bond donors (Lipinski definition) is 2. The zero-order valence-corrected chi connectivity index (χ0v) is 12.2. The third-order valence-corrected chi connectivity index (χ3v) is 3.10. The molecule has 0 unspecified atom stereocenters. The van der Waals surface area contributed by atoms with E-state index in [0.717, 1.165) is 17.8 Å². The number of carboxylic acids is 1. The lowest BCUT2D eigenvalue weighted by molar-refractivity contribution is 0.0696. The summed E-state index contributed by atoms with van der Waals surface area (Å²) in [5, 5.41) is 12.3. The molecule has 2 aromatic rings. The normalized spacial score (nSPS) is 10.6. The van der Waals surface area contributed by atoms with Crippen LogP contribution in [-0.2, 0) is 6.42 Å². The number of pyridine rings is 2. The van der Waals surface area contributed by atoms with E-state index in [1.54, 1.807) is 18.3 Å². The second kappa shape index (κ2) is 6.83. The number of carboxylic acid groups (broad SMARTS) is 1. The molecule has 2 rings (SSSR count). The van der Waals surface area contributed by atoms with Gasteiger partial charge in [-0.15, -0.1) is 0 Å². The minimum atomic E-state index is -0.938. The van der Waals surface area contributed by atoms with Gasteiger partial charge in [-0.05, 0) is 30.2 Å². The number of anilines is 1. The lowest BCUT2D eigenvalue weighted by atomic mass is 10.1. The van der Waals surface area contributed by atoms with E-state index in [-0.39, 0.29) is 11.5 Å². The summed E-state index contributed by atoms with van der Waals surface area (Å²) in [5.74, 6) is -0.165. The van der Waals surface area contributed by atoms with Gasteiger partial charge in [0.25, 0.3) is 0 Å². The molecule has 0 aliphatic rings. The van der Waals surface area contributed by atoms with Gasteiger partial charge in [-0.2, -0.15) is 0 Å². The summed E-state index contributed by atoms with van der Waals surface area (Å²) in [5.41, 5.74) is 2.02. The van der Waals surface area contributed by atoms with Gasteiger partial charge in [-0.3, -0.25) is 4.98 Å². The summed E-state index contributed by atoms with van der Waals surface area (Å²) < 4.78 is 0. The van der Waals surface area contributed by atoms with Crippen LogP contribution in [-0.4, -0.2) is 27.6 Å². The predicted octanol–water partition coefficient (Wildman–Crippen LogP) is 2.95. The smallest absolute Gasteiger partial charge is 0.335 e. The second-order valence-corrected chi connectivity index (χ2v) is 5.12. The van der Waals surface area contributed by atoms with Crippen LogP contribution in [0, 0.1) is 0 Å². The molecule has 0 bridgehead atoms. The first-order valence-corrected chi connectivity index (χ1v) is 6.95. The largest absolute Gasteiger partial charge is 0.478 e. The van der Waals surface area contributed by atoms with Crippen molar-refractivity contribution in [3.8, 4) is 0 Å². The van der Waals surface area contributed by atoms with Gasteiger partial charge in [0, 0.05) is 30.6 Å². The molecule has 21 heavy (non-hydrogen) atoms. The van der Waals surface area contributed by atoms with Crippen LogP contribution in [0.1, 0.15) is 41.5 Å². The Bertz CT molecular complexity index is 612. The average molecular weight is 285 g/mol. The van der Waals surface area contributed by atoms with Crippen molar-refractivity contribution in [2.45, 2.75) is 26.2 Å². The number of rotatable bonds is 6. The van der Waals surface area contributed by atoms with Crippen LogP contribution >= 0.6 is 0 Å².